The minimum atomic E-state index is -1.02. The van der Waals surface area contributed by atoms with Crippen molar-refractivity contribution < 1.29 is 19.4 Å². The number of carbonyl (C=O) groups excluding carboxylic acids is 1. The first kappa shape index (κ1) is 17.5. The van der Waals surface area contributed by atoms with Gasteiger partial charge in [-0.25, -0.2) is 4.79 Å². The third-order valence-corrected chi connectivity index (χ3v) is 3.54. The number of carboxylic acid groups (broad SMARTS) is 1. The van der Waals surface area contributed by atoms with Gasteiger partial charge in [0.1, 0.15) is 5.75 Å². The zero-order valence-electron chi connectivity index (χ0n) is 14.2. The summed E-state index contributed by atoms with van der Waals surface area (Å²) in [5, 5.41) is 12.0. The number of aryl methyl sites for hydroxylation is 2. The molecule has 0 radical (unpaired) electrons. The minimum absolute atomic E-state index is 0.0568. The lowest BCUT2D eigenvalue weighted by atomic mass is 10.0. The Bertz CT molecular complexity index is 781. The topological polar surface area (TPSA) is 75.6 Å². The van der Waals surface area contributed by atoms with Crippen LogP contribution in [0.5, 0.6) is 5.75 Å². The van der Waals surface area contributed by atoms with Gasteiger partial charge in [-0.2, -0.15) is 0 Å². The standard InChI is InChI=1S/C19H21NO4/c1-11(2)24-17-8-6-5-7-14(17)18(21)20-16-10-15(19(22)23)12(3)9-13(16)4/h5-11H,1-4H3,(H,20,21)(H,22,23). The maximum absolute atomic E-state index is 12.6. The van der Waals surface area contributed by atoms with Gasteiger partial charge < -0.3 is 15.2 Å². The molecular weight excluding hydrogens is 306 g/mol. The highest BCUT2D eigenvalue weighted by atomic mass is 16.5. The average Bonchev–Trinajstić information content (AvgIpc) is 2.49. The third kappa shape index (κ3) is 3.93. The molecule has 5 nitrogen and oxygen atoms in total. The number of rotatable bonds is 5. The lowest BCUT2D eigenvalue weighted by Gasteiger charge is -2.15. The van der Waals surface area contributed by atoms with E-state index in [1.807, 2.05) is 20.8 Å². The number of nitrogens with one attached hydrogen (secondary N) is 1. The van der Waals surface area contributed by atoms with Crippen LogP contribution >= 0.6 is 0 Å². The van der Waals surface area contributed by atoms with E-state index in [-0.39, 0.29) is 17.6 Å². The van der Waals surface area contributed by atoms with Crippen molar-refractivity contribution in [2.45, 2.75) is 33.8 Å². The fourth-order valence-corrected chi connectivity index (χ4v) is 2.42. The van der Waals surface area contributed by atoms with Crippen molar-refractivity contribution in [3.05, 3.63) is 58.7 Å². The van der Waals surface area contributed by atoms with Crippen LogP contribution < -0.4 is 10.1 Å². The van der Waals surface area contributed by atoms with Crippen molar-refractivity contribution in [3.8, 4) is 5.75 Å². The van der Waals surface area contributed by atoms with E-state index in [0.29, 0.717) is 22.6 Å². The van der Waals surface area contributed by atoms with Crippen LogP contribution in [-0.4, -0.2) is 23.1 Å². The first-order valence-corrected chi connectivity index (χ1v) is 7.71. The maximum atomic E-state index is 12.6. The van der Waals surface area contributed by atoms with Gasteiger partial charge in [-0.1, -0.05) is 18.2 Å². The van der Waals surface area contributed by atoms with Gasteiger partial charge in [0, 0.05) is 5.69 Å². The third-order valence-electron chi connectivity index (χ3n) is 3.54. The number of aromatic carboxylic acids is 1. The van der Waals surface area contributed by atoms with Crippen LogP contribution in [0, 0.1) is 13.8 Å². The van der Waals surface area contributed by atoms with Gasteiger partial charge in [-0.05, 0) is 57.0 Å². The van der Waals surface area contributed by atoms with E-state index in [2.05, 4.69) is 5.32 Å². The molecule has 0 spiro atoms. The molecule has 126 valence electrons. The normalized spacial score (nSPS) is 10.5. The molecule has 0 heterocycles. The molecule has 1 amide bonds. The lowest BCUT2D eigenvalue weighted by molar-refractivity contribution is 0.0695. The lowest BCUT2D eigenvalue weighted by Crippen LogP contribution is -2.17. The number of hydrogen-bond donors (Lipinski definition) is 2. The van der Waals surface area contributed by atoms with Gasteiger partial charge in [0.25, 0.3) is 5.91 Å². The summed E-state index contributed by atoms with van der Waals surface area (Å²) in [7, 11) is 0. The highest BCUT2D eigenvalue weighted by molar-refractivity contribution is 6.07. The van der Waals surface area contributed by atoms with E-state index in [9.17, 15) is 14.7 Å². The predicted molar refractivity (Wildman–Crippen MR) is 93.0 cm³/mol. The Morgan fingerprint density at radius 3 is 2.33 bits per heavy atom. The van der Waals surface area contributed by atoms with E-state index in [0.717, 1.165) is 5.56 Å². The fourth-order valence-electron chi connectivity index (χ4n) is 2.42. The van der Waals surface area contributed by atoms with E-state index in [4.69, 9.17) is 4.74 Å². The summed E-state index contributed by atoms with van der Waals surface area (Å²) >= 11 is 0. The van der Waals surface area contributed by atoms with E-state index >= 15 is 0 Å². The predicted octanol–water partition coefficient (Wildman–Crippen LogP) is 4.04. The quantitative estimate of drug-likeness (QED) is 0.869. The van der Waals surface area contributed by atoms with Gasteiger partial charge in [0.15, 0.2) is 0 Å². The highest BCUT2D eigenvalue weighted by Gasteiger charge is 2.16. The number of anilines is 1. The second-order valence-corrected chi connectivity index (χ2v) is 5.90. The van der Waals surface area contributed by atoms with Gasteiger partial charge in [0.2, 0.25) is 0 Å². The number of para-hydroxylation sites is 1. The Labute approximate surface area is 141 Å². The number of carbonyl (C=O) groups is 2. The first-order valence-electron chi connectivity index (χ1n) is 7.71. The SMILES string of the molecule is Cc1cc(C)c(C(=O)O)cc1NC(=O)c1ccccc1OC(C)C. The Kier molecular flexibility index (Phi) is 5.24. The minimum Gasteiger partial charge on any atom is -0.490 e. The van der Waals surface area contributed by atoms with Gasteiger partial charge in [0.05, 0.1) is 17.2 Å². The van der Waals surface area contributed by atoms with Crippen molar-refractivity contribution in [2.24, 2.45) is 0 Å². The van der Waals surface area contributed by atoms with Gasteiger partial charge >= 0.3 is 5.97 Å². The second-order valence-electron chi connectivity index (χ2n) is 5.90. The van der Waals surface area contributed by atoms with Gasteiger partial charge in [-0.3, -0.25) is 4.79 Å². The van der Waals surface area contributed by atoms with Crippen LogP contribution in [0.15, 0.2) is 36.4 Å². The smallest absolute Gasteiger partial charge is 0.336 e. The molecule has 2 aromatic carbocycles. The molecule has 2 rings (SSSR count). The van der Waals surface area contributed by atoms with Crippen LogP contribution in [0.2, 0.25) is 0 Å². The molecule has 0 aliphatic heterocycles. The molecular formula is C19H21NO4. The van der Waals surface area contributed by atoms with Crippen molar-refractivity contribution >= 4 is 17.6 Å². The summed E-state index contributed by atoms with van der Waals surface area (Å²) < 4.78 is 5.66. The molecule has 2 N–H and O–H groups in total. The Hall–Kier alpha value is -2.82. The van der Waals surface area contributed by atoms with Crippen molar-refractivity contribution in [2.75, 3.05) is 5.32 Å². The van der Waals surface area contributed by atoms with Gasteiger partial charge in [-0.15, -0.1) is 0 Å². The number of hydrogen-bond acceptors (Lipinski definition) is 3. The Morgan fingerprint density at radius 1 is 1.04 bits per heavy atom. The Balaban J connectivity index is 2.34. The molecule has 0 bridgehead atoms. The monoisotopic (exact) mass is 327 g/mol. The molecule has 5 heteroatoms. The van der Waals surface area contributed by atoms with E-state index in [1.54, 1.807) is 37.3 Å². The molecule has 2 aromatic rings. The van der Waals surface area contributed by atoms with E-state index < -0.39 is 5.97 Å². The van der Waals surface area contributed by atoms with E-state index in [1.165, 1.54) is 6.07 Å². The molecule has 0 saturated carbocycles. The molecule has 0 fully saturated rings. The summed E-state index contributed by atoms with van der Waals surface area (Å²) in [6.45, 7) is 7.33. The van der Waals surface area contributed by atoms with Crippen molar-refractivity contribution in [1.82, 2.24) is 0 Å². The molecule has 24 heavy (non-hydrogen) atoms. The summed E-state index contributed by atoms with van der Waals surface area (Å²) in [5.41, 5.74) is 2.50. The Morgan fingerprint density at radius 2 is 1.71 bits per heavy atom. The summed E-state index contributed by atoms with van der Waals surface area (Å²) in [4.78, 5) is 23.9. The number of amides is 1. The van der Waals surface area contributed by atoms with Crippen molar-refractivity contribution in [3.63, 3.8) is 0 Å². The molecule has 0 saturated heterocycles. The second kappa shape index (κ2) is 7.17. The number of benzene rings is 2. The molecule has 0 aliphatic carbocycles. The molecule has 0 atom stereocenters. The average molecular weight is 327 g/mol. The summed E-state index contributed by atoms with van der Waals surface area (Å²) in [5.74, 6) is -0.866. The largest absolute Gasteiger partial charge is 0.490 e. The number of carboxylic acids is 1. The molecule has 0 aliphatic rings. The zero-order chi connectivity index (χ0) is 17.9. The summed E-state index contributed by atoms with van der Waals surface area (Å²) in [6, 6.07) is 10.2. The fraction of sp³-hybridized carbons (Fsp3) is 0.263. The number of ether oxygens (including phenoxy) is 1. The molecule has 0 unspecified atom stereocenters. The van der Waals surface area contributed by atoms with Crippen LogP contribution in [0.25, 0.3) is 0 Å². The summed E-state index contributed by atoms with van der Waals surface area (Å²) in [6.07, 6.45) is -0.0568. The van der Waals surface area contributed by atoms with Crippen LogP contribution in [0.1, 0.15) is 45.7 Å². The van der Waals surface area contributed by atoms with Crippen molar-refractivity contribution in [1.29, 1.82) is 0 Å². The van der Waals surface area contributed by atoms with Crippen LogP contribution in [0.4, 0.5) is 5.69 Å². The highest BCUT2D eigenvalue weighted by Crippen LogP contribution is 2.24. The maximum Gasteiger partial charge on any atom is 0.336 e. The van der Waals surface area contributed by atoms with Crippen LogP contribution in [0.3, 0.4) is 0 Å². The molecule has 0 aromatic heterocycles. The first-order chi connectivity index (χ1) is 11.3. The zero-order valence-corrected chi connectivity index (χ0v) is 14.2. The van der Waals surface area contributed by atoms with Crippen LogP contribution in [-0.2, 0) is 0 Å².